The molecule has 0 fully saturated rings. The van der Waals surface area contributed by atoms with E-state index in [1.165, 1.54) is 4.81 Å². The van der Waals surface area contributed by atoms with Gasteiger partial charge in [0, 0.05) is 15.7 Å². The molecule has 0 unspecified atom stereocenters. The predicted octanol–water partition coefficient (Wildman–Crippen LogP) is 1.33. The van der Waals surface area contributed by atoms with Crippen molar-refractivity contribution < 1.29 is 4.79 Å². The van der Waals surface area contributed by atoms with E-state index in [0.29, 0.717) is 6.54 Å². The number of nitrogens with zero attached hydrogens (tertiary/aromatic N) is 1. The molecule has 2 radical (unpaired) electrons. The summed E-state index contributed by atoms with van der Waals surface area (Å²) in [5, 5.41) is 0. The molecule has 0 N–H and O–H groups in total. The summed E-state index contributed by atoms with van der Waals surface area (Å²) in [5.41, 5.74) is 1.76. The Bertz CT molecular complexity index is 353. The fourth-order valence-electron chi connectivity index (χ4n) is 1.30. The van der Waals surface area contributed by atoms with E-state index in [-0.39, 0.29) is 5.91 Å². The maximum absolute atomic E-state index is 11.3. The number of hydrogen-bond donors (Lipinski definition) is 0. The molecule has 1 aliphatic rings. The summed E-state index contributed by atoms with van der Waals surface area (Å²) in [5.74, 6) is -0.0801. The molecule has 2 nitrogen and oxygen atoms in total. The van der Waals surface area contributed by atoms with E-state index in [0.717, 1.165) is 14.7 Å². The van der Waals surface area contributed by atoms with Crippen LogP contribution in [0.2, 0.25) is 0 Å². The predicted molar refractivity (Wildman–Crippen MR) is 54.8 cm³/mol. The molecule has 0 aromatic heterocycles. The minimum absolute atomic E-state index is 0.0801. The van der Waals surface area contributed by atoms with Crippen molar-refractivity contribution in [3.8, 4) is 0 Å². The van der Waals surface area contributed by atoms with Crippen LogP contribution in [0, 0.1) is 3.57 Å². The highest BCUT2D eigenvalue weighted by atomic mass is 127. The van der Waals surface area contributed by atoms with Crippen LogP contribution in [-0.4, -0.2) is 18.7 Å². The van der Waals surface area contributed by atoms with Crippen molar-refractivity contribution in [2.45, 2.75) is 6.54 Å². The van der Waals surface area contributed by atoms with Crippen molar-refractivity contribution in [3.63, 3.8) is 0 Å². The molecular formula is C8H5BINO. The third-order valence-corrected chi connectivity index (χ3v) is 2.57. The van der Waals surface area contributed by atoms with E-state index < -0.39 is 0 Å². The lowest BCUT2D eigenvalue weighted by atomic mass is 10.1. The minimum atomic E-state index is -0.0801. The maximum Gasteiger partial charge on any atom is 0.241 e. The monoisotopic (exact) mass is 269 g/mol. The van der Waals surface area contributed by atoms with Gasteiger partial charge in [0.15, 0.2) is 0 Å². The molecule has 1 aliphatic heterocycles. The lowest BCUT2D eigenvalue weighted by Crippen LogP contribution is -2.19. The highest BCUT2D eigenvalue weighted by molar-refractivity contribution is 14.1. The number of fused-ring (bicyclic) bond motifs is 1. The molecule has 1 heterocycles. The molecule has 0 atom stereocenters. The quantitative estimate of drug-likeness (QED) is 0.514. The van der Waals surface area contributed by atoms with E-state index in [1.807, 2.05) is 18.2 Å². The van der Waals surface area contributed by atoms with Crippen molar-refractivity contribution in [3.05, 3.63) is 32.9 Å². The number of benzene rings is 1. The second-order valence-corrected chi connectivity index (χ2v) is 3.98. The second-order valence-electron chi connectivity index (χ2n) is 2.73. The van der Waals surface area contributed by atoms with Gasteiger partial charge in [-0.25, -0.2) is 0 Å². The first-order chi connectivity index (χ1) is 5.68. The summed E-state index contributed by atoms with van der Waals surface area (Å²) >= 11 is 2.18. The van der Waals surface area contributed by atoms with Gasteiger partial charge in [-0.05, 0) is 40.3 Å². The van der Waals surface area contributed by atoms with Gasteiger partial charge in [0.1, 0.15) is 0 Å². The zero-order valence-corrected chi connectivity index (χ0v) is 8.41. The van der Waals surface area contributed by atoms with E-state index in [4.69, 9.17) is 7.98 Å². The van der Waals surface area contributed by atoms with Gasteiger partial charge in [-0.1, -0.05) is 6.07 Å². The molecule has 0 saturated heterocycles. The standard InChI is InChI=1S/C8H5BINO/c9-11-4-5-1-2-6(10)3-7(5)8(11)12/h1-3H,4H2. The number of carbonyl (C=O) groups is 1. The number of rotatable bonds is 0. The minimum Gasteiger partial charge on any atom is -0.389 e. The van der Waals surface area contributed by atoms with Crippen LogP contribution >= 0.6 is 22.6 Å². The van der Waals surface area contributed by atoms with Crippen LogP contribution in [0.4, 0.5) is 0 Å². The molecule has 1 amide bonds. The van der Waals surface area contributed by atoms with E-state index in [1.54, 1.807) is 0 Å². The average molecular weight is 269 g/mol. The molecule has 0 saturated carbocycles. The number of amides is 1. The third-order valence-electron chi connectivity index (χ3n) is 1.90. The fourth-order valence-corrected chi connectivity index (χ4v) is 1.79. The maximum atomic E-state index is 11.3. The zero-order chi connectivity index (χ0) is 8.72. The molecule has 4 heteroatoms. The molecule has 58 valence electrons. The Morgan fingerprint density at radius 1 is 1.50 bits per heavy atom. The number of halogens is 1. The van der Waals surface area contributed by atoms with E-state index in [2.05, 4.69) is 22.6 Å². The highest BCUT2D eigenvalue weighted by Gasteiger charge is 2.23. The first-order valence-corrected chi connectivity index (χ1v) is 4.61. The normalized spacial score (nSPS) is 15.1. The lowest BCUT2D eigenvalue weighted by molar-refractivity contribution is 0.0880. The Morgan fingerprint density at radius 2 is 2.25 bits per heavy atom. The first kappa shape index (κ1) is 8.10. The van der Waals surface area contributed by atoms with Crippen LogP contribution in [0.3, 0.4) is 0 Å². The van der Waals surface area contributed by atoms with Crippen LogP contribution in [0.25, 0.3) is 0 Å². The van der Waals surface area contributed by atoms with Gasteiger partial charge in [-0.2, -0.15) is 0 Å². The Morgan fingerprint density at radius 3 is 3.00 bits per heavy atom. The summed E-state index contributed by atoms with van der Waals surface area (Å²) in [6.07, 6.45) is 0. The molecule has 0 spiro atoms. The van der Waals surface area contributed by atoms with Crippen molar-refractivity contribution in [2.75, 3.05) is 0 Å². The van der Waals surface area contributed by atoms with Gasteiger partial charge >= 0.3 is 0 Å². The molecule has 0 bridgehead atoms. The van der Waals surface area contributed by atoms with Gasteiger partial charge in [-0.3, -0.25) is 4.79 Å². The summed E-state index contributed by atoms with van der Waals surface area (Å²) in [4.78, 5) is 12.6. The zero-order valence-electron chi connectivity index (χ0n) is 6.25. The van der Waals surface area contributed by atoms with E-state index in [9.17, 15) is 4.79 Å². The molecular weight excluding hydrogens is 264 g/mol. The van der Waals surface area contributed by atoms with Crippen LogP contribution in [0.15, 0.2) is 18.2 Å². The molecule has 1 aromatic rings. The van der Waals surface area contributed by atoms with Crippen molar-refractivity contribution >= 4 is 36.5 Å². The lowest BCUT2D eigenvalue weighted by Gasteiger charge is -2.05. The number of hydrogen-bond acceptors (Lipinski definition) is 1. The van der Waals surface area contributed by atoms with Crippen molar-refractivity contribution in [1.29, 1.82) is 0 Å². The van der Waals surface area contributed by atoms with Gasteiger partial charge < -0.3 is 4.81 Å². The van der Waals surface area contributed by atoms with Crippen LogP contribution in [-0.2, 0) is 6.54 Å². The summed E-state index contributed by atoms with van der Waals surface area (Å²) in [7, 11) is 5.46. The van der Waals surface area contributed by atoms with Crippen molar-refractivity contribution in [2.24, 2.45) is 0 Å². The molecule has 12 heavy (non-hydrogen) atoms. The van der Waals surface area contributed by atoms with Gasteiger partial charge in [0.05, 0.1) is 0 Å². The van der Waals surface area contributed by atoms with E-state index >= 15 is 0 Å². The first-order valence-electron chi connectivity index (χ1n) is 3.53. The van der Waals surface area contributed by atoms with Crippen LogP contribution < -0.4 is 0 Å². The summed E-state index contributed by atoms with van der Waals surface area (Å²) in [6, 6.07) is 5.79. The fraction of sp³-hybridized carbons (Fsp3) is 0.125. The Kier molecular flexibility index (Phi) is 1.86. The van der Waals surface area contributed by atoms with Crippen LogP contribution in [0.1, 0.15) is 15.9 Å². The number of carbonyl (C=O) groups excluding carboxylic acids is 1. The smallest absolute Gasteiger partial charge is 0.241 e. The molecule has 2 rings (SSSR count). The molecule has 1 aromatic carbocycles. The summed E-state index contributed by atoms with van der Waals surface area (Å²) < 4.78 is 1.06. The third kappa shape index (κ3) is 1.14. The van der Waals surface area contributed by atoms with Crippen molar-refractivity contribution in [1.82, 2.24) is 4.81 Å². The Labute approximate surface area is 85.5 Å². The summed E-state index contributed by atoms with van der Waals surface area (Å²) in [6.45, 7) is 0.533. The topological polar surface area (TPSA) is 20.3 Å². The average Bonchev–Trinajstić information content (AvgIpc) is 2.31. The largest absolute Gasteiger partial charge is 0.389 e. The second kappa shape index (κ2) is 2.76. The Balaban J connectivity index is 2.56. The van der Waals surface area contributed by atoms with Gasteiger partial charge in [0.25, 0.3) is 0 Å². The van der Waals surface area contributed by atoms with Gasteiger partial charge in [0.2, 0.25) is 13.9 Å². The van der Waals surface area contributed by atoms with Crippen LogP contribution in [0.5, 0.6) is 0 Å². The Hall–Kier alpha value is -0.515. The SMILES string of the molecule is [B]N1Cc2ccc(I)cc2C1=O. The highest BCUT2D eigenvalue weighted by Crippen LogP contribution is 2.22. The molecule has 0 aliphatic carbocycles. The van der Waals surface area contributed by atoms with Gasteiger partial charge in [-0.15, -0.1) is 0 Å².